The lowest BCUT2D eigenvalue weighted by Crippen LogP contribution is -2.29. The molecular weight excluding hydrogens is 431 g/mol. The van der Waals surface area contributed by atoms with Gasteiger partial charge >= 0.3 is 0 Å². The smallest absolute Gasteiger partial charge is 0.275 e. The maximum Gasteiger partial charge on any atom is 0.275 e. The Hall–Kier alpha value is -2.74. The molecule has 0 aliphatic carbocycles. The molecule has 1 N–H and O–H groups in total. The summed E-state index contributed by atoms with van der Waals surface area (Å²) < 4.78 is 1.14. The number of nitrogens with zero attached hydrogens (tertiary/aromatic N) is 3. The summed E-state index contributed by atoms with van der Waals surface area (Å²) in [7, 11) is 0. The zero-order valence-electron chi connectivity index (χ0n) is 14.9. The van der Waals surface area contributed by atoms with E-state index in [0.717, 1.165) is 20.5 Å². The maximum absolute atomic E-state index is 12.5. The van der Waals surface area contributed by atoms with E-state index in [1.165, 1.54) is 11.3 Å². The van der Waals surface area contributed by atoms with Crippen LogP contribution in [0.1, 0.15) is 10.4 Å². The minimum atomic E-state index is -0.370. The van der Waals surface area contributed by atoms with Crippen LogP contribution in [0, 0.1) is 0 Å². The van der Waals surface area contributed by atoms with Crippen LogP contribution in [0.25, 0.3) is 10.8 Å². The van der Waals surface area contributed by atoms with Crippen molar-refractivity contribution in [1.29, 1.82) is 0 Å². The van der Waals surface area contributed by atoms with E-state index in [1.54, 1.807) is 42.7 Å². The summed E-state index contributed by atoms with van der Waals surface area (Å²) >= 11 is 13.3. The number of fused-ring (bicyclic) bond motifs is 1. The molecule has 9 heteroatoms. The lowest BCUT2D eigenvalue weighted by atomic mass is 10.1. The zero-order valence-corrected chi connectivity index (χ0v) is 17.3. The number of thiazole rings is 1. The van der Waals surface area contributed by atoms with Gasteiger partial charge in [0, 0.05) is 22.9 Å². The molecule has 0 aliphatic rings. The van der Waals surface area contributed by atoms with Gasteiger partial charge in [0.1, 0.15) is 6.54 Å². The molecule has 0 aliphatic heterocycles. The number of rotatable bonds is 5. The van der Waals surface area contributed by atoms with Gasteiger partial charge in [0.25, 0.3) is 5.56 Å². The summed E-state index contributed by atoms with van der Waals surface area (Å²) in [6.07, 6.45) is 3.89. The third kappa shape index (κ3) is 4.48. The van der Waals surface area contributed by atoms with Crippen molar-refractivity contribution < 1.29 is 4.79 Å². The molecule has 29 heavy (non-hydrogen) atoms. The molecule has 0 bridgehead atoms. The molecule has 2 aromatic heterocycles. The van der Waals surface area contributed by atoms with Gasteiger partial charge in [-0.2, -0.15) is 5.10 Å². The number of halogens is 2. The fraction of sp³-hybridized carbons (Fsp3) is 0.100. The monoisotopic (exact) mass is 444 g/mol. The van der Waals surface area contributed by atoms with E-state index in [0.29, 0.717) is 27.0 Å². The van der Waals surface area contributed by atoms with Crippen LogP contribution >= 0.6 is 34.5 Å². The summed E-state index contributed by atoms with van der Waals surface area (Å²) in [5.41, 5.74) is 0.686. The van der Waals surface area contributed by atoms with Crippen LogP contribution in [0.2, 0.25) is 10.0 Å². The Morgan fingerprint density at radius 2 is 1.93 bits per heavy atom. The molecular formula is C20H14Cl2N4O2S. The van der Waals surface area contributed by atoms with E-state index in [2.05, 4.69) is 15.4 Å². The highest BCUT2D eigenvalue weighted by atomic mass is 35.5. The molecule has 1 amide bonds. The number of nitrogens with one attached hydrogen (secondary N) is 1. The SMILES string of the molecule is O=C(Cn1ncc2ccccc2c1=O)Nc1ncc(Cc2ccc(Cl)c(Cl)c2)s1. The fourth-order valence-corrected chi connectivity index (χ4v) is 4.02. The van der Waals surface area contributed by atoms with Crippen LogP contribution in [0.5, 0.6) is 0 Å². The van der Waals surface area contributed by atoms with Crippen LogP contribution in [0.3, 0.4) is 0 Å². The summed E-state index contributed by atoms with van der Waals surface area (Å²) in [5, 5.41) is 9.50. The average molecular weight is 445 g/mol. The normalized spacial score (nSPS) is 11.0. The Morgan fingerprint density at radius 3 is 2.76 bits per heavy atom. The van der Waals surface area contributed by atoms with E-state index in [1.807, 2.05) is 12.1 Å². The quantitative estimate of drug-likeness (QED) is 0.495. The molecule has 0 unspecified atom stereocenters. The summed E-state index contributed by atoms with van der Waals surface area (Å²) in [6, 6.07) is 12.6. The number of benzene rings is 2. The van der Waals surface area contributed by atoms with E-state index < -0.39 is 0 Å². The molecule has 0 atom stereocenters. The molecule has 0 fully saturated rings. The molecule has 4 aromatic rings. The van der Waals surface area contributed by atoms with Gasteiger partial charge in [-0.1, -0.05) is 47.5 Å². The van der Waals surface area contributed by atoms with Crippen LogP contribution in [0.15, 0.2) is 59.7 Å². The van der Waals surface area contributed by atoms with Gasteiger partial charge in [-0.3, -0.25) is 9.59 Å². The van der Waals surface area contributed by atoms with E-state index in [9.17, 15) is 9.59 Å². The summed E-state index contributed by atoms with van der Waals surface area (Å²) in [5.74, 6) is -0.370. The number of hydrogen-bond donors (Lipinski definition) is 1. The molecule has 0 spiro atoms. The summed E-state index contributed by atoms with van der Waals surface area (Å²) in [4.78, 5) is 30.0. The first-order valence-electron chi connectivity index (χ1n) is 8.63. The highest BCUT2D eigenvalue weighted by molar-refractivity contribution is 7.15. The molecule has 0 saturated carbocycles. The molecule has 146 valence electrons. The predicted molar refractivity (Wildman–Crippen MR) is 116 cm³/mol. The van der Waals surface area contributed by atoms with Gasteiger partial charge in [-0.15, -0.1) is 11.3 Å². The third-order valence-electron chi connectivity index (χ3n) is 4.22. The van der Waals surface area contributed by atoms with Crippen molar-refractivity contribution in [3.8, 4) is 0 Å². The minimum absolute atomic E-state index is 0.189. The Balaban J connectivity index is 1.43. The fourth-order valence-electron chi connectivity index (χ4n) is 2.83. The lowest BCUT2D eigenvalue weighted by Gasteiger charge is -2.05. The van der Waals surface area contributed by atoms with E-state index in [4.69, 9.17) is 23.2 Å². The molecule has 2 aromatic carbocycles. The first-order chi connectivity index (χ1) is 14.0. The Labute approximate surface area is 179 Å². The molecule has 0 saturated heterocycles. The standard InChI is InChI=1S/C20H14Cl2N4O2S/c21-16-6-5-12(8-17(16)22)7-14-10-23-20(29-14)25-18(27)11-26-19(28)15-4-2-1-3-13(15)9-24-26/h1-6,8-10H,7,11H2,(H,23,25,27). The van der Waals surface area contributed by atoms with Crippen molar-refractivity contribution in [2.75, 3.05) is 5.32 Å². The van der Waals surface area contributed by atoms with Crippen LogP contribution < -0.4 is 10.9 Å². The highest BCUT2D eigenvalue weighted by Crippen LogP contribution is 2.26. The number of carbonyl (C=O) groups excluding carboxylic acids is 1. The van der Waals surface area contributed by atoms with Gasteiger partial charge in [-0.25, -0.2) is 9.67 Å². The largest absolute Gasteiger partial charge is 0.300 e. The highest BCUT2D eigenvalue weighted by Gasteiger charge is 2.11. The Kier molecular flexibility index (Phi) is 5.62. The summed E-state index contributed by atoms with van der Waals surface area (Å²) in [6.45, 7) is -0.189. The van der Waals surface area contributed by atoms with Crippen LogP contribution in [0.4, 0.5) is 5.13 Å². The average Bonchev–Trinajstić information content (AvgIpc) is 3.14. The second-order valence-corrected chi connectivity index (χ2v) is 8.23. The van der Waals surface area contributed by atoms with Gasteiger partial charge in [0.15, 0.2) is 5.13 Å². The Bertz CT molecular complexity index is 1270. The van der Waals surface area contributed by atoms with E-state index in [-0.39, 0.29) is 18.0 Å². The van der Waals surface area contributed by atoms with Gasteiger partial charge < -0.3 is 5.32 Å². The first-order valence-corrected chi connectivity index (χ1v) is 10.2. The zero-order chi connectivity index (χ0) is 20.4. The molecule has 0 radical (unpaired) electrons. The van der Waals surface area contributed by atoms with Crippen molar-refractivity contribution >= 4 is 56.3 Å². The van der Waals surface area contributed by atoms with Crippen molar-refractivity contribution in [3.05, 3.63) is 85.7 Å². The number of amides is 1. The van der Waals surface area contributed by atoms with Gasteiger partial charge in [-0.05, 0) is 23.8 Å². The first kappa shape index (κ1) is 19.6. The van der Waals surface area contributed by atoms with Gasteiger partial charge in [0.2, 0.25) is 5.91 Å². The van der Waals surface area contributed by atoms with Crippen molar-refractivity contribution in [1.82, 2.24) is 14.8 Å². The molecule has 4 rings (SSSR count). The second-order valence-electron chi connectivity index (χ2n) is 6.30. The lowest BCUT2D eigenvalue weighted by molar-refractivity contribution is -0.117. The van der Waals surface area contributed by atoms with Crippen LogP contribution in [-0.2, 0) is 17.8 Å². The van der Waals surface area contributed by atoms with Crippen LogP contribution in [-0.4, -0.2) is 20.7 Å². The molecule has 6 nitrogen and oxygen atoms in total. The predicted octanol–water partition coefficient (Wildman–Crippen LogP) is 4.39. The van der Waals surface area contributed by atoms with Crippen molar-refractivity contribution in [2.24, 2.45) is 0 Å². The van der Waals surface area contributed by atoms with Crippen molar-refractivity contribution in [2.45, 2.75) is 13.0 Å². The number of hydrogen-bond acceptors (Lipinski definition) is 5. The third-order valence-corrected chi connectivity index (χ3v) is 5.87. The molecule has 2 heterocycles. The van der Waals surface area contributed by atoms with Gasteiger partial charge in [0.05, 0.1) is 21.6 Å². The van der Waals surface area contributed by atoms with Crippen molar-refractivity contribution in [3.63, 3.8) is 0 Å². The number of anilines is 1. The van der Waals surface area contributed by atoms with E-state index >= 15 is 0 Å². The number of carbonyl (C=O) groups is 1. The Morgan fingerprint density at radius 1 is 1.10 bits per heavy atom. The topological polar surface area (TPSA) is 76.9 Å². The maximum atomic E-state index is 12.5. The number of aromatic nitrogens is 3. The second kappa shape index (κ2) is 8.32. The minimum Gasteiger partial charge on any atom is -0.300 e.